The maximum atomic E-state index is 12.8. The lowest BCUT2D eigenvalue weighted by atomic mass is 10.0. The molecule has 0 bridgehead atoms. The topological polar surface area (TPSA) is 69.7 Å². The molecule has 0 spiro atoms. The summed E-state index contributed by atoms with van der Waals surface area (Å²) < 4.78 is 18.9. The predicted octanol–water partition coefficient (Wildman–Crippen LogP) is 2.81. The second-order valence-corrected chi connectivity index (χ2v) is 7.43. The van der Waals surface area contributed by atoms with Crippen LogP contribution >= 0.6 is 0 Å². The van der Waals surface area contributed by atoms with Crippen LogP contribution in [-0.2, 0) is 16.0 Å². The SMILES string of the molecule is Cc1ncoc1C(=O)N1Cc2cccn2[C@H](CCOCC2CCOCC2)C1. The van der Waals surface area contributed by atoms with Crippen LogP contribution in [0.4, 0.5) is 0 Å². The number of carbonyl (C=O) groups is 1. The Kier molecular flexibility index (Phi) is 5.59. The molecule has 1 fully saturated rings. The summed E-state index contributed by atoms with van der Waals surface area (Å²) in [5.74, 6) is 0.856. The standard InChI is InChI=1S/C20H27N3O4/c1-15-19(27-14-21-15)20(24)22-11-17-3-2-7-23(17)18(12-22)6-10-26-13-16-4-8-25-9-5-16/h2-3,7,14,16,18H,4-6,8-13H2,1H3/t18-/m1/s1. The normalized spacial score (nSPS) is 20.6. The van der Waals surface area contributed by atoms with E-state index >= 15 is 0 Å². The van der Waals surface area contributed by atoms with Gasteiger partial charge < -0.3 is 23.4 Å². The summed E-state index contributed by atoms with van der Waals surface area (Å²) in [5.41, 5.74) is 1.78. The van der Waals surface area contributed by atoms with E-state index in [0.29, 0.717) is 37.1 Å². The molecule has 1 atom stereocenters. The van der Waals surface area contributed by atoms with Gasteiger partial charge in [-0.2, -0.15) is 0 Å². The lowest BCUT2D eigenvalue weighted by Gasteiger charge is -2.35. The number of hydrogen-bond donors (Lipinski definition) is 0. The van der Waals surface area contributed by atoms with E-state index < -0.39 is 0 Å². The number of aromatic nitrogens is 2. The largest absolute Gasteiger partial charge is 0.438 e. The zero-order valence-electron chi connectivity index (χ0n) is 15.8. The Labute approximate surface area is 159 Å². The van der Waals surface area contributed by atoms with E-state index in [4.69, 9.17) is 13.9 Å². The van der Waals surface area contributed by atoms with Gasteiger partial charge in [0.1, 0.15) is 0 Å². The van der Waals surface area contributed by atoms with Crippen molar-refractivity contribution in [2.75, 3.05) is 33.0 Å². The number of aryl methyl sites for hydroxylation is 1. The number of ether oxygens (including phenoxy) is 2. The van der Waals surface area contributed by atoms with Crippen LogP contribution < -0.4 is 0 Å². The van der Waals surface area contributed by atoms with Gasteiger partial charge in [0.2, 0.25) is 5.76 Å². The fraction of sp³-hybridized carbons (Fsp3) is 0.600. The minimum absolute atomic E-state index is 0.0921. The molecule has 2 aliphatic rings. The number of hydrogen-bond acceptors (Lipinski definition) is 5. The first kappa shape index (κ1) is 18.3. The average Bonchev–Trinajstić information content (AvgIpc) is 3.34. The Morgan fingerprint density at radius 1 is 1.37 bits per heavy atom. The van der Waals surface area contributed by atoms with Crippen LogP contribution in [0.3, 0.4) is 0 Å². The molecule has 0 unspecified atom stereocenters. The highest BCUT2D eigenvalue weighted by molar-refractivity contribution is 5.92. The number of oxazole rings is 1. The summed E-state index contributed by atoms with van der Waals surface area (Å²) >= 11 is 0. The molecule has 2 aliphatic heterocycles. The van der Waals surface area contributed by atoms with Gasteiger partial charge in [-0.15, -0.1) is 0 Å². The second kappa shape index (κ2) is 8.27. The predicted molar refractivity (Wildman–Crippen MR) is 98.4 cm³/mol. The zero-order chi connectivity index (χ0) is 18.6. The van der Waals surface area contributed by atoms with Gasteiger partial charge in [-0.25, -0.2) is 4.98 Å². The van der Waals surface area contributed by atoms with Gasteiger partial charge in [-0.1, -0.05) is 0 Å². The molecule has 0 saturated carbocycles. The van der Waals surface area contributed by atoms with Crippen molar-refractivity contribution in [2.24, 2.45) is 5.92 Å². The molecule has 1 amide bonds. The van der Waals surface area contributed by atoms with Gasteiger partial charge in [0.25, 0.3) is 5.91 Å². The van der Waals surface area contributed by atoms with Crippen LogP contribution in [0.1, 0.15) is 47.2 Å². The van der Waals surface area contributed by atoms with Crippen molar-refractivity contribution < 1.29 is 18.7 Å². The molecule has 7 nitrogen and oxygen atoms in total. The second-order valence-electron chi connectivity index (χ2n) is 7.43. The van der Waals surface area contributed by atoms with E-state index in [9.17, 15) is 4.79 Å². The number of rotatable bonds is 6. The third-order valence-corrected chi connectivity index (χ3v) is 5.56. The molecular formula is C20H27N3O4. The smallest absolute Gasteiger partial charge is 0.291 e. The van der Waals surface area contributed by atoms with Crippen LogP contribution in [0.2, 0.25) is 0 Å². The summed E-state index contributed by atoms with van der Waals surface area (Å²) in [7, 11) is 0. The van der Waals surface area contributed by atoms with Crippen LogP contribution in [0, 0.1) is 12.8 Å². The first-order valence-corrected chi connectivity index (χ1v) is 9.73. The van der Waals surface area contributed by atoms with E-state index in [1.165, 1.54) is 6.39 Å². The van der Waals surface area contributed by atoms with Crippen LogP contribution in [-0.4, -0.2) is 53.3 Å². The van der Waals surface area contributed by atoms with E-state index in [-0.39, 0.29) is 11.9 Å². The number of amides is 1. The minimum Gasteiger partial charge on any atom is -0.438 e. The lowest BCUT2D eigenvalue weighted by molar-refractivity contribution is 0.0160. The maximum absolute atomic E-state index is 12.8. The molecule has 1 saturated heterocycles. The van der Waals surface area contributed by atoms with E-state index in [2.05, 4.69) is 21.8 Å². The molecule has 4 heterocycles. The van der Waals surface area contributed by atoms with Gasteiger partial charge in [-0.3, -0.25) is 4.79 Å². The monoisotopic (exact) mass is 373 g/mol. The molecule has 2 aromatic rings. The Morgan fingerprint density at radius 2 is 2.22 bits per heavy atom. The fourth-order valence-corrected chi connectivity index (χ4v) is 3.94. The van der Waals surface area contributed by atoms with Crippen molar-refractivity contribution in [1.29, 1.82) is 0 Å². The highest BCUT2D eigenvalue weighted by atomic mass is 16.5. The third-order valence-electron chi connectivity index (χ3n) is 5.56. The van der Waals surface area contributed by atoms with E-state index in [1.54, 1.807) is 6.92 Å². The van der Waals surface area contributed by atoms with Crippen molar-refractivity contribution in [3.63, 3.8) is 0 Å². The molecule has 0 N–H and O–H groups in total. The van der Waals surface area contributed by atoms with E-state index in [0.717, 1.165) is 44.8 Å². The molecular weight excluding hydrogens is 346 g/mol. The van der Waals surface area contributed by atoms with Gasteiger partial charge in [-0.05, 0) is 44.2 Å². The van der Waals surface area contributed by atoms with Crippen LogP contribution in [0.5, 0.6) is 0 Å². The Morgan fingerprint density at radius 3 is 3.00 bits per heavy atom. The number of carbonyl (C=O) groups excluding carboxylic acids is 1. The average molecular weight is 373 g/mol. The van der Waals surface area contributed by atoms with Crippen molar-refractivity contribution in [3.8, 4) is 0 Å². The van der Waals surface area contributed by atoms with Gasteiger partial charge in [0, 0.05) is 44.9 Å². The van der Waals surface area contributed by atoms with Gasteiger partial charge >= 0.3 is 0 Å². The number of nitrogens with zero attached hydrogens (tertiary/aromatic N) is 3. The molecule has 7 heteroatoms. The quantitative estimate of drug-likeness (QED) is 0.728. The Bertz CT molecular complexity index is 763. The first-order valence-electron chi connectivity index (χ1n) is 9.73. The molecule has 4 rings (SSSR count). The lowest BCUT2D eigenvalue weighted by Crippen LogP contribution is -2.41. The molecule has 0 radical (unpaired) electrons. The Balaban J connectivity index is 1.35. The third kappa shape index (κ3) is 4.09. The van der Waals surface area contributed by atoms with Crippen LogP contribution in [0.15, 0.2) is 29.1 Å². The van der Waals surface area contributed by atoms with Gasteiger partial charge in [0.15, 0.2) is 6.39 Å². The van der Waals surface area contributed by atoms with Crippen molar-refractivity contribution >= 4 is 5.91 Å². The number of fused-ring (bicyclic) bond motifs is 1. The highest BCUT2D eigenvalue weighted by Crippen LogP contribution is 2.26. The van der Waals surface area contributed by atoms with Crippen molar-refractivity contribution in [1.82, 2.24) is 14.5 Å². The molecule has 0 aliphatic carbocycles. The van der Waals surface area contributed by atoms with Gasteiger partial charge in [0.05, 0.1) is 18.3 Å². The molecule has 0 aromatic carbocycles. The van der Waals surface area contributed by atoms with E-state index in [1.807, 2.05) is 11.0 Å². The summed E-state index contributed by atoms with van der Waals surface area (Å²) in [6.45, 7) is 6.23. The molecule has 27 heavy (non-hydrogen) atoms. The fourth-order valence-electron chi connectivity index (χ4n) is 3.94. The van der Waals surface area contributed by atoms with Crippen molar-refractivity contribution in [3.05, 3.63) is 41.9 Å². The zero-order valence-corrected chi connectivity index (χ0v) is 15.8. The van der Waals surface area contributed by atoms with Crippen molar-refractivity contribution in [2.45, 2.75) is 38.8 Å². The molecule has 146 valence electrons. The molecule has 2 aromatic heterocycles. The summed E-state index contributed by atoms with van der Waals surface area (Å²) in [5, 5.41) is 0. The highest BCUT2D eigenvalue weighted by Gasteiger charge is 2.30. The first-order chi connectivity index (χ1) is 13.2. The maximum Gasteiger partial charge on any atom is 0.291 e. The Hall–Kier alpha value is -2.12. The summed E-state index contributed by atoms with van der Waals surface area (Å²) in [6.07, 6.45) is 6.48. The minimum atomic E-state index is -0.0921. The summed E-state index contributed by atoms with van der Waals surface area (Å²) in [6, 6.07) is 4.33. The van der Waals surface area contributed by atoms with Crippen LogP contribution in [0.25, 0.3) is 0 Å². The summed E-state index contributed by atoms with van der Waals surface area (Å²) in [4.78, 5) is 18.7.